The molecule has 28 heavy (non-hydrogen) atoms. The van der Waals surface area contributed by atoms with Crippen LogP contribution in [-0.2, 0) is 16.1 Å². The maximum absolute atomic E-state index is 5.83. The summed E-state index contributed by atoms with van der Waals surface area (Å²) in [6, 6.07) is 16.0. The Kier molecular flexibility index (Phi) is 17.0. The first-order valence-corrected chi connectivity index (χ1v) is 10.3. The second kappa shape index (κ2) is 18.3. The molecule has 0 saturated heterocycles. The highest BCUT2D eigenvalue weighted by molar-refractivity contribution is 5.34. The maximum Gasteiger partial charge on any atom is 0.126 e. The van der Waals surface area contributed by atoms with E-state index >= 15 is 0 Å². The summed E-state index contributed by atoms with van der Waals surface area (Å²) in [4.78, 5) is 0. The highest BCUT2D eigenvalue weighted by atomic mass is 16.5. The quantitative estimate of drug-likeness (QED) is 0.437. The summed E-state index contributed by atoms with van der Waals surface area (Å²) >= 11 is 0. The van der Waals surface area contributed by atoms with Crippen molar-refractivity contribution >= 4 is 0 Å². The fourth-order valence-electron chi connectivity index (χ4n) is 2.18. The molecule has 0 heterocycles. The average molecular weight is 391 g/mol. The number of methoxy groups -OCH3 is 1. The molecular formula is C24H38O4. The van der Waals surface area contributed by atoms with Gasteiger partial charge in [-0.1, -0.05) is 63.6 Å². The first kappa shape index (κ1) is 26.0. The van der Waals surface area contributed by atoms with E-state index in [4.69, 9.17) is 18.9 Å². The summed E-state index contributed by atoms with van der Waals surface area (Å²) < 4.78 is 22.1. The molecular weight excluding hydrogens is 352 g/mol. The Bertz CT molecular complexity index is 581. The van der Waals surface area contributed by atoms with Gasteiger partial charge in [0.25, 0.3) is 0 Å². The molecule has 0 fully saturated rings. The van der Waals surface area contributed by atoms with E-state index in [0.717, 1.165) is 30.1 Å². The lowest BCUT2D eigenvalue weighted by atomic mass is 10.2. The van der Waals surface area contributed by atoms with Crippen molar-refractivity contribution in [3.8, 4) is 11.5 Å². The van der Waals surface area contributed by atoms with Gasteiger partial charge in [-0.15, -0.1) is 0 Å². The topological polar surface area (TPSA) is 36.9 Å². The van der Waals surface area contributed by atoms with Crippen molar-refractivity contribution in [1.29, 1.82) is 0 Å². The van der Waals surface area contributed by atoms with E-state index in [-0.39, 0.29) is 0 Å². The smallest absolute Gasteiger partial charge is 0.126 e. The van der Waals surface area contributed by atoms with Crippen LogP contribution in [0.2, 0.25) is 0 Å². The minimum atomic E-state index is 0.480. The van der Waals surface area contributed by atoms with Gasteiger partial charge < -0.3 is 18.9 Å². The van der Waals surface area contributed by atoms with Crippen molar-refractivity contribution in [2.75, 3.05) is 33.5 Å². The lowest BCUT2D eigenvalue weighted by Crippen LogP contribution is -2.10. The van der Waals surface area contributed by atoms with Crippen molar-refractivity contribution in [1.82, 2.24) is 0 Å². The van der Waals surface area contributed by atoms with Gasteiger partial charge in [0.2, 0.25) is 0 Å². The van der Waals surface area contributed by atoms with Crippen LogP contribution in [0.1, 0.15) is 45.2 Å². The lowest BCUT2D eigenvalue weighted by Gasteiger charge is -2.13. The molecule has 2 aromatic rings. The molecule has 158 valence electrons. The van der Waals surface area contributed by atoms with Crippen molar-refractivity contribution in [2.45, 2.75) is 47.6 Å². The fraction of sp³-hybridized carbons (Fsp3) is 0.500. The van der Waals surface area contributed by atoms with Crippen LogP contribution in [0.15, 0.2) is 48.5 Å². The second-order valence-electron chi connectivity index (χ2n) is 5.52. The highest BCUT2D eigenvalue weighted by Gasteiger charge is 2.04. The van der Waals surface area contributed by atoms with E-state index in [1.807, 2.05) is 76.2 Å². The molecule has 0 aliphatic heterocycles. The van der Waals surface area contributed by atoms with Gasteiger partial charge in [-0.25, -0.2) is 0 Å². The summed E-state index contributed by atoms with van der Waals surface area (Å²) in [6.45, 7) is 13.0. The van der Waals surface area contributed by atoms with E-state index in [1.54, 1.807) is 7.11 Å². The predicted octanol–water partition coefficient (Wildman–Crippen LogP) is 6.06. The van der Waals surface area contributed by atoms with Crippen LogP contribution in [0.25, 0.3) is 0 Å². The Balaban J connectivity index is 0.00000171. The molecule has 0 saturated carbocycles. The predicted molar refractivity (Wildman–Crippen MR) is 117 cm³/mol. The summed E-state index contributed by atoms with van der Waals surface area (Å²) in [6.07, 6.45) is 0.900. The Hall–Kier alpha value is -2.04. The Labute approximate surface area is 171 Å². The number of hydrogen-bond donors (Lipinski definition) is 0. The summed E-state index contributed by atoms with van der Waals surface area (Å²) in [5, 5.41) is 0. The molecule has 0 spiro atoms. The summed E-state index contributed by atoms with van der Waals surface area (Å²) in [7, 11) is 1.69. The SMILES string of the molecule is CC.CC.COCCCOCCOc1ccccc1COc1ccc(C)cc1. The third-order valence-electron chi connectivity index (χ3n) is 3.51. The molecule has 0 atom stereocenters. The van der Waals surface area contributed by atoms with E-state index < -0.39 is 0 Å². The monoisotopic (exact) mass is 390 g/mol. The molecule has 0 amide bonds. The summed E-state index contributed by atoms with van der Waals surface area (Å²) in [5.41, 5.74) is 2.24. The van der Waals surface area contributed by atoms with Crippen LogP contribution >= 0.6 is 0 Å². The van der Waals surface area contributed by atoms with Gasteiger partial charge in [-0.05, 0) is 31.5 Å². The van der Waals surface area contributed by atoms with Crippen LogP contribution in [0.5, 0.6) is 11.5 Å². The van der Waals surface area contributed by atoms with Crippen molar-refractivity contribution in [3.63, 3.8) is 0 Å². The molecule has 0 bridgehead atoms. The zero-order valence-corrected chi connectivity index (χ0v) is 18.5. The van der Waals surface area contributed by atoms with Crippen LogP contribution < -0.4 is 9.47 Å². The molecule has 0 unspecified atom stereocenters. The minimum Gasteiger partial charge on any atom is -0.491 e. The van der Waals surface area contributed by atoms with Crippen LogP contribution in [0, 0.1) is 6.92 Å². The number of hydrogen-bond acceptors (Lipinski definition) is 4. The van der Waals surface area contributed by atoms with Gasteiger partial charge in [0.05, 0.1) is 6.61 Å². The summed E-state index contributed by atoms with van der Waals surface area (Å²) in [5.74, 6) is 1.70. The zero-order chi connectivity index (χ0) is 21.0. The van der Waals surface area contributed by atoms with Gasteiger partial charge in [0, 0.05) is 25.9 Å². The molecule has 0 N–H and O–H groups in total. The molecule has 0 aliphatic carbocycles. The fourth-order valence-corrected chi connectivity index (χ4v) is 2.18. The van der Waals surface area contributed by atoms with E-state index in [0.29, 0.717) is 26.4 Å². The number of rotatable bonds is 11. The molecule has 0 radical (unpaired) electrons. The van der Waals surface area contributed by atoms with Gasteiger partial charge in [-0.2, -0.15) is 0 Å². The molecule has 0 aromatic heterocycles. The maximum atomic E-state index is 5.83. The van der Waals surface area contributed by atoms with Gasteiger partial charge in [0.1, 0.15) is 24.7 Å². The third kappa shape index (κ3) is 11.6. The van der Waals surface area contributed by atoms with Gasteiger partial charge in [0.15, 0.2) is 0 Å². The van der Waals surface area contributed by atoms with Gasteiger partial charge >= 0.3 is 0 Å². The largest absolute Gasteiger partial charge is 0.491 e. The van der Waals surface area contributed by atoms with Crippen LogP contribution in [0.4, 0.5) is 0 Å². The van der Waals surface area contributed by atoms with E-state index in [1.165, 1.54) is 5.56 Å². The van der Waals surface area contributed by atoms with E-state index in [9.17, 15) is 0 Å². The number of aryl methyl sites for hydroxylation is 1. The third-order valence-corrected chi connectivity index (χ3v) is 3.51. The molecule has 2 rings (SSSR count). The van der Waals surface area contributed by atoms with Crippen molar-refractivity contribution in [2.24, 2.45) is 0 Å². The second-order valence-corrected chi connectivity index (χ2v) is 5.52. The molecule has 0 aliphatic rings. The molecule has 4 heteroatoms. The number of para-hydroxylation sites is 1. The first-order chi connectivity index (χ1) is 13.8. The van der Waals surface area contributed by atoms with E-state index in [2.05, 4.69) is 6.92 Å². The lowest BCUT2D eigenvalue weighted by molar-refractivity contribution is 0.0801. The highest BCUT2D eigenvalue weighted by Crippen LogP contribution is 2.21. The van der Waals surface area contributed by atoms with Crippen molar-refractivity contribution < 1.29 is 18.9 Å². The Morgan fingerprint density at radius 3 is 2.07 bits per heavy atom. The first-order valence-electron chi connectivity index (χ1n) is 10.3. The minimum absolute atomic E-state index is 0.480. The molecule has 2 aromatic carbocycles. The zero-order valence-electron chi connectivity index (χ0n) is 18.5. The Morgan fingerprint density at radius 2 is 1.39 bits per heavy atom. The van der Waals surface area contributed by atoms with Crippen LogP contribution in [0.3, 0.4) is 0 Å². The van der Waals surface area contributed by atoms with Gasteiger partial charge in [-0.3, -0.25) is 0 Å². The molecule has 4 nitrogen and oxygen atoms in total. The van der Waals surface area contributed by atoms with Crippen molar-refractivity contribution in [3.05, 3.63) is 59.7 Å². The number of benzene rings is 2. The standard InChI is InChI=1S/C20H26O4.2C2H6/c1-17-8-10-19(11-9-17)24-16-18-6-3-4-7-20(18)23-15-14-22-13-5-12-21-2;2*1-2/h3-4,6-11H,5,12-16H2,1-2H3;2*1-2H3. The average Bonchev–Trinajstić information content (AvgIpc) is 2.76. The Morgan fingerprint density at radius 1 is 0.714 bits per heavy atom. The van der Waals surface area contributed by atoms with Crippen LogP contribution in [-0.4, -0.2) is 33.5 Å². The number of ether oxygens (including phenoxy) is 4. The normalized spacial score (nSPS) is 9.50.